The Morgan fingerprint density at radius 1 is 1.32 bits per heavy atom. The quantitative estimate of drug-likeness (QED) is 0.704. The Kier molecular flexibility index (Phi) is 7.39. The number of hydrogen-bond acceptors (Lipinski definition) is 3. The third-order valence-corrected chi connectivity index (χ3v) is 4.26. The number of amides is 1. The first-order valence-electron chi connectivity index (χ1n) is 7.86. The van der Waals surface area contributed by atoms with Crippen molar-refractivity contribution < 1.29 is 4.79 Å². The van der Waals surface area contributed by atoms with Crippen LogP contribution in [0.3, 0.4) is 0 Å². The van der Waals surface area contributed by atoms with Gasteiger partial charge in [0.1, 0.15) is 0 Å². The molecule has 0 aliphatic carbocycles. The van der Waals surface area contributed by atoms with Crippen LogP contribution in [-0.2, 0) is 4.79 Å². The number of likely N-dealkylation sites (tertiary alicyclic amines) is 1. The fourth-order valence-electron chi connectivity index (χ4n) is 2.62. The summed E-state index contributed by atoms with van der Waals surface area (Å²) in [5.41, 5.74) is 0. The van der Waals surface area contributed by atoms with E-state index in [0.29, 0.717) is 12.0 Å². The van der Waals surface area contributed by atoms with Crippen LogP contribution in [0, 0.1) is 5.92 Å². The number of nitrogens with one attached hydrogen (secondary N) is 2. The standard InChI is InChI=1S/C15H31N3O/c1-5-14(6-2)17-15(19)12(4)16-10-13-8-9-18(7-3)11-13/h12-14,16H,5-11H2,1-4H3,(H,17,19). The fraction of sp³-hybridized carbons (Fsp3) is 0.933. The Morgan fingerprint density at radius 3 is 2.53 bits per heavy atom. The minimum atomic E-state index is -0.0868. The number of carbonyl (C=O) groups is 1. The Morgan fingerprint density at radius 2 is 2.00 bits per heavy atom. The number of hydrogen-bond donors (Lipinski definition) is 2. The van der Waals surface area contributed by atoms with E-state index < -0.39 is 0 Å². The molecule has 1 heterocycles. The minimum absolute atomic E-state index is 0.0868. The molecular formula is C15H31N3O. The normalized spacial score (nSPS) is 21.8. The first-order valence-corrected chi connectivity index (χ1v) is 7.86. The van der Waals surface area contributed by atoms with Gasteiger partial charge in [0.25, 0.3) is 0 Å². The van der Waals surface area contributed by atoms with Gasteiger partial charge < -0.3 is 15.5 Å². The van der Waals surface area contributed by atoms with Crippen molar-refractivity contribution in [2.45, 2.75) is 59.0 Å². The van der Waals surface area contributed by atoms with Crippen molar-refractivity contribution in [2.24, 2.45) is 5.92 Å². The largest absolute Gasteiger partial charge is 0.352 e. The fourth-order valence-corrected chi connectivity index (χ4v) is 2.62. The molecule has 112 valence electrons. The first-order chi connectivity index (χ1) is 9.10. The predicted octanol–water partition coefficient (Wildman–Crippen LogP) is 1.61. The Hall–Kier alpha value is -0.610. The Labute approximate surface area is 118 Å². The van der Waals surface area contributed by atoms with Gasteiger partial charge in [0.05, 0.1) is 6.04 Å². The van der Waals surface area contributed by atoms with Crippen molar-refractivity contribution in [3.63, 3.8) is 0 Å². The molecule has 0 radical (unpaired) electrons. The van der Waals surface area contributed by atoms with E-state index in [1.807, 2.05) is 6.92 Å². The topological polar surface area (TPSA) is 44.4 Å². The van der Waals surface area contributed by atoms with E-state index >= 15 is 0 Å². The van der Waals surface area contributed by atoms with E-state index in [1.165, 1.54) is 19.5 Å². The van der Waals surface area contributed by atoms with Crippen molar-refractivity contribution in [2.75, 3.05) is 26.2 Å². The summed E-state index contributed by atoms with van der Waals surface area (Å²) < 4.78 is 0. The monoisotopic (exact) mass is 269 g/mol. The zero-order valence-electron chi connectivity index (χ0n) is 13.0. The van der Waals surface area contributed by atoms with E-state index in [2.05, 4.69) is 36.3 Å². The van der Waals surface area contributed by atoms with Crippen LogP contribution in [0.4, 0.5) is 0 Å². The highest BCUT2D eigenvalue weighted by atomic mass is 16.2. The molecule has 4 heteroatoms. The third kappa shape index (κ3) is 5.49. The maximum atomic E-state index is 12.0. The summed E-state index contributed by atoms with van der Waals surface area (Å²) in [6.45, 7) is 12.9. The predicted molar refractivity (Wildman–Crippen MR) is 80.2 cm³/mol. The van der Waals surface area contributed by atoms with Crippen LogP contribution >= 0.6 is 0 Å². The molecule has 2 unspecified atom stereocenters. The molecule has 0 aromatic rings. The van der Waals surface area contributed by atoms with Crippen LogP contribution in [0.15, 0.2) is 0 Å². The molecule has 0 saturated carbocycles. The summed E-state index contributed by atoms with van der Waals surface area (Å²) in [7, 11) is 0. The van der Waals surface area contributed by atoms with Crippen LogP contribution in [-0.4, -0.2) is 49.1 Å². The average molecular weight is 269 g/mol. The number of rotatable bonds is 8. The maximum absolute atomic E-state index is 12.0. The van der Waals surface area contributed by atoms with Crippen molar-refractivity contribution in [1.29, 1.82) is 0 Å². The third-order valence-electron chi connectivity index (χ3n) is 4.26. The van der Waals surface area contributed by atoms with Crippen LogP contribution in [0.1, 0.15) is 47.0 Å². The van der Waals surface area contributed by atoms with Crippen LogP contribution in [0.2, 0.25) is 0 Å². The molecule has 0 aromatic heterocycles. The molecule has 1 amide bonds. The SMILES string of the molecule is CCC(CC)NC(=O)C(C)NCC1CCN(CC)C1. The molecule has 1 aliphatic heterocycles. The highest BCUT2D eigenvalue weighted by Crippen LogP contribution is 2.14. The highest BCUT2D eigenvalue weighted by molar-refractivity contribution is 5.81. The summed E-state index contributed by atoms with van der Waals surface area (Å²) in [6.07, 6.45) is 3.26. The van der Waals surface area contributed by atoms with Crippen molar-refractivity contribution in [1.82, 2.24) is 15.5 Å². The molecule has 19 heavy (non-hydrogen) atoms. The van der Waals surface area contributed by atoms with Crippen molar-refractivity contribution in [3.8, 4) is 0 Å². The molecule has 1 saturated heterocycles. The molecule has 1 fully saturated rings. The van der Waals surface area contributed by atoms with E-state index in [1.54, 1.807) is 0 Å². The van der Waals surface area contributed by atoms with Crippen LogP contribution < -0.4 is 10.6 Å². The van der Waals surface area contributed by atoms with Crippen molar-refractivity contribution in [3.05, 3.63) is 0 Å². The lowest BCUT2D eigenvalue weighted by molar-refractivity contribution is -0.123. The molecule has 1 rings (SSSR count). The summed E-state index contributed by atoms with van der Waals surface area (Å²) in [4.78, 5) is 14.5. The van der Waals surface area contributed by atoms with Gasteiger partial charge in [-0.2, -0.15) is 0 Å². The lowest BCUT2D eigenvalue weighted by Crippen LogP contribution is -2.47. The van der Waals surface area contributed by atoms with Crippen molar-refractivity contribution >= 4 is 5.91 Å². The van der Waals surface area contributed by atoms with Gasteiger partial charge >= 0.3 is 0 Å². The Balaban J connectivity index is 2.23. The van der Waals surface area contributed by atoms with Crippen LogP contribution in [0.25, 0.3) is 0 Å². The zero-order chi connectivity index (χ0) is 14.3. The van der Waals surface area contributed by atoms with Gasteiger partial charge in [0.2, 0.25) is 5.91 Å². The highest BCUT2D eigenvalue weighted by Gasteiger charge is 2.22. The first kappa shape index (κ1) is 16.4. The van der Waals surface area contributed by atoms with Gasteiger partial charge in [-0.3, -0.25) is 4.79 Å². The molecule has 1 aliphatic rings. The van der Waals surface area contributed by atoms with Gasteiger partial charge in [-0.15, -0.1) is 0 Å². The summed E-state index contributed by atoms with van der Waals surface area (Å²) in [5, 5.41) is 6.48. The molecule has 0 bridgehead atoms. The lowest BCUT2D eigenvalue weighted by Gasteiger charge is -2.21. The second-order valence-corrected chi connectivity index (χ2v) is 5.70. The number of carbonyl (C=O) groups excluding carboxylic acids is 1. The van der Waals surface area contributed by atoms with Gasteiger partial charge in [0.15, 0.2) is 0 Å². The maximum Gasteiger partial charge on any atom is 0.237 e. The van der Waals surface area contributed by atoms with Gasteiger partial charge in [-0.25, -0.2) is 0 Å². The van der Waals surface area contributed by atoms with E-state index in [0.717, 1.165) is 25.9 Å². The second-order valence-electron chi connectivity index (χ2n) is 5.70. The smallest absolute Gasteiger partial charge is 0.237 e. The minimum Gasteiger partial charge on any atom is -0.352 e. The molecule has 0 spiro atoms. The lowest BCUT2D eigenvalue weighted by atomic mass is 10.1. The molecule has 0 aromatic carbocycles. The Bertz CT molecular complexity index is 266. The second kappa shape index (κ2) is 8.54. The summed E-state index contributed by atoms with van der Waals surface area (Å²) in [5.74, 6) is 0.836. The summed E-state index contributed by atoms with van der Waals surface area (Å²) >= 11 is 0. The van der Waals surface area contributed by atoms with Gasteiger partial charge in [-0.05, 0) is 51.7 Å². The van der Waals surface area contributed by atoms with E-state index in [4.69, 9.17) is 0 Å². The van der Waals surface area contributed by atoms with E-state index in [-0.39, 0.29) is 11.9 Å². The molecular weight excluding hydrogens is 238 g/mol. The zero-order valence-corrected chi connectivity index (χ0v) is 13.0. The molecule has 4 nitrogen and oxygen atoms in total. The van der Waals surface area contributed by atoms with Gasteiger partial charge in [0, 0.05) is 12.6 Å². The van der Waals surface area contributed by atoms with Crippen LogP contribution in [0.5, 0.6) is 0 Å². The molecule has 2 N–H and O–H groups in total. The van der Waals surface area contributed by atoms with Gasteiger partial charge in [-0.1, -0.05) is 20.8 Å². The summed E-state index contributed by atoms with van der Waals surface area (Å²) in [6, 6.07) is 0.232. The number of nitrogens with zero attached hydrogens (tertiary/aromatic N) is 1. The molecule has 2 atom stereocenters. The van der Waals surface area contributed by atoms with E-state index in [9.17, 15) is 4.79 Å². The average Bonchev–Trinajstić information content (AvgIpc) is 2.89.